The van der Waals surface area contributed by atoms with Crippen LogP contribution in [0.4, 0.5) is 11.4 Å². The quantitative estimate of drug-likeness (QED) is 0.587. The first-order chi connectivity index (χ1) is 9.84. The van der Waals surface area contributed by atoms with Crippen LogP contribution in [0.2, 0.25) is 0 Å². The van der Waals surface area contributed by atoms with Gasteiger partial charge in [-0.2, -0.15) is 0 Å². The van der Waals surface area contributed by atoms with Crippen molar-refractivity contribution in [1.82, 2.24) is 4.31 Å². The molecule has 0 unspecified atom stereocenters. The molecule has 0 radical (unpaired) electrons. The first kappa shape index (κ1) is 17.4. The largest absolute Gasteiger partial charge is 0.385 e. The van der Waals surface area contributed by atoms with Gasteiger partial charge in [0.25, 0.3) is 5.69 Å². The van der Waals surface area contributed by atoms with Gasteiger partial charge in [-0.25, -0.2) is 12.7 Å². The van der Waals surface area contributed by atoms with Crippen molar-refractivity contribution < 1.29 is 13.3 Å². The third-order valence-electron chi connectivity index (χ3n) is 3.05. The Morgan fingerprint density at radius 3 is 2.52 bits per heavy atom. The van der Waals surface area contributed by atoms with E-state index in [1.165, 1.54) is 25.2 Å². The molecule has 0 aliphatic carbocycles. The lowest BCUT2D eigenvalue weighted by Gasteiger charge is -2.17. The summed E-state index contributed by atoms with van der Waals surface area (Å²) < 4.78 is 26.0. The van der Waals surface area contributed by atoms with Crippen molar-refractivity contribution >= 4 is 21.4 Å². The highest BCUT2D eigenvalue weighted by Crippen LogP contribution is 2.29. The third kappa shape index (κ3) is 4.15. The summed E-state index contributed by atoms with van der Waals surface area (Å²) in [5, 5.41) is 14.1. The van der Waals surface area contributed by atoms with Gasteiger partial charge in [0.15, 0.2) is 4.90 Å². The fourth-order valence-corrected chi connectivity index (χ4v) is 3.20. The lowest BCUT2D eigenvalue weighted by Crippen LogP contribution is -2.28. The third-order valence-corrected chi connectivity index (χ3v) is 4.96. The monoisotopic (exact) mass is 315 g/mol. The maximum atomic E-state index is 12.4. The van der Waals surface area contributed by atoms with Gasteiger partial charge in [0, 0.05) is 31.9 Å². The number of nitrogens with one attached hydrogen (secondary N) is 1. The second kappa shape index (κ2) is 7.37. The Kier molecular flexibility index (Phi) is 6.10. The Balaban J connectivity index is 3.25. The Bertz CT molecular complexity index is 601. The molecule has 1 N–H and O–H groups in total. The summed E-state index contributed by atoms with van der Waals surface area (Å²) in [6, 6.07) is 4.08. The Labute approximate surface area is 125 Å². The van der Waals surface area contributed by atoms with Gasteiger partial charge in [0.05, 0.1) is 4.92 Å². The van der Waals surface area contributed by atoms with E-state index in [1.807, 2.05) is 13.8 Å². The number of hydrogen-bond donors (Lipinski definition) is 1. The van der Waals surface area contributed by atoms with Crippen molar-refractivity contribution in [2.45, 2.75) is 31.6 Å². The summed E-state index contributed by atoms with van der Waals surface area (Å²) in [6.07, 6.45) is 1.56. The highest BCUT2D eigenvalue weighted by molar-refractivity contribution is 7.89. The fraction of sp³-hybridized carbons (Fsp3) is 0.538. The first-order valence-electron chi connectivity index (χ1n) is 6.83. The smallest absolute Gasteiger partial charge is 0.291 e. The molecule has 0 spiro atoms. The number of nitro groups is 1. The Morgan fingerprint density at radius 2 is 2.00 bits per heavy atom. The van der Waals surface area contributed by atoms with Gasteiger partial charge in [-0.05, 0) is 25.5 Å². The number of rotatable bonds is 8. The van der Waals surface area contributed by atoms with E-state index in [9.17, 15) is 18.5 Å². The van der Waals surface area contributed by atoms with E-state index in [0.717, 1.165) is 10.7 Å². The topological polar surface area (TPSA) is 92.6 Å². The number of hydrogen-bond acceptors (Lipinski definition) is 5. The Hall–Kier alpha value is -1.67. The summed E-state index contributed by atoms with van der Waals surface area (Å²) in [7, 11) is -2.42. The normalized spacial score (nSPS) is 11.6. The maximum absolute atomic E-state index is 12.4. The summed E-state index contributed by atoms with van der Waals surface area (Å²) >= 11 is 0. The van der Waals surface area contributed by atoms with Crippen LogP contribution < -0.4 is 5.32 Å². The standard InChI is InChI=1S/C13H21N3O4S/c1-4-6-9-15(3)21(19,20)13-8-7-11(14-5-2)10-12(13)16(17)18/h7-8,10,14H,4-6,9H2,1-3H3. The molecule has 0 aliphatic rings. The predicted octanol–water partition coefficient (Wildman–Crippen LogP) is 2.45. The molecule has 0 aromatic heterocycles. The van der Waals surface area contributed by atoms with Crippen LogP contribution in [0.3, 0.4) is 0 Å². The van der Waals surface area contributed by atoms with Crippen LogP contribution in [-0.2, 0) is 10.0 Å². The summed E-state index contributed by atoms with van der Waals surface area (Å²) in [4.78, 5) is 10.2. The highest BCUT2D eigenvalue weighted by atomic mass is 32.2. The number of unbranched alkanes of at least 4 members (excludes halogenated alkanes) is 1. The van der Waals surface area contributed by atoms with Crippen LogP contribution in [-0.4, -0.2) is 37.8 Å². The van der Waals surface area contributed by atoms with Crippen LogP contribution in [0.15, 0.2) is 23.1 Å². The fourth-order valence-electron chi connectivity index (χ4n) is 1.86. The molecule has 118 valence electrons. The molecule has 0 fully saturated rings. The second-order valence-electron chi connectivity index (χ2n) is 4.65. The van der Waals surface area contributed by atoms with Crippen molar-refractivity contribution in [2.24, 2.45) is 0 Å². The summed E-state index contributed by atoms with van der Waals surface area (Å²) in [6.45, 7) is 4.74. The molecule has 0 heterocycles. The molecule has 8 heteroatoms. The van der Waals surface area contributed by atoms with Gasteiger partial charge in [-0.15, -0.1) is 0 Å². The van der Waals surface area contributed by atoms with Gasteiger partial charge < -0.3 is 5.32 Å². The molecule has 0 saturated heterocycles. The minimum atomic E-state index is -3.85. The zero-order chi connectivity index (χ0) is 16.0. The first-order valence-corrected chi connectivity index (χ1v) is 8.27. The lowest BCUT2D eigenvalue weighted by molar-refractivity contribution is -0.387. The number of benzene rings is 1. The van der Waals surface area contributed by atoms with Crippen LogP contribution >= 0.6 is 0 Å². The lowest BCUT2D eigenvalue weighted by atomic mass is 10.3. The zero-order valence-electron chi connectivity index (χ0n) is 12.5. The van der Waals surface area contributed by atoms with E-state index in [-0.39, 0.29) is 4.90 Å². The molecule has 1 rings (SSSR count). The van der Waals surface area contributed by atoms with Crippen LogP contribution in [0.5, 0.6) is 0 Å². The number of sulfonamides is 1. The molecule has 0 bridgehead atoms. The zero-order valence-corrected chi connectivity index (χ0v) is 13.3. The van der Waals surface area contributed by atoms with Crippen molar-refractivity contribution in [1.29, 1.82) is 0 Å². The van der Waals surface area contributed by atoms with Crippen LogP contribution in [0.25, 0.3) is 0 Å². The predicted molar refractivity (Wildman–Crippen MR) is 82.0 cm³/mol. The van der Waals surface area contributed by atoms with Gasteiger partial charge in [-0.3, -0.25) is 10.1 Å². The number of nitro benzene ring substituents is 1. The SMILES string of the molecule is CCCCN(C)S(=O)(=O)c1ccc(NCC)cc1[N+](=O)[O-]. The van der Waals surface area contributed by atoms with Crippen molar-refractivity contribution in [3.05, 3.63) is 28.3 Å². The minimum Gasteiger partial charge on any atom is -0.385 e. The molecule has 21 heavy (non-hydrogen) atoms. The number of nitrogens with zero attached hydrogens (tertiary/aromatic N) is 2. The van der Waals surface area contributed by atoms with E-state index < -0.39 is 20.6 Å². The molecule has 0 aliphatic heterocycles. The van der Waals surface area contributed by atoms with Crippen LogP contribution in [0.1, 0.15) is 26.7 Å². The molecular formula is C13H21N3O4S. The minimum absolute atomic E-state index is 0.271. The second-order valence-corrected chi connectivity index (χ2v) is 6.66. The highest BCUT2D eigenvalue weighted by Gasteiger charge is 2.29. The number of anilines is 1. The summed E-state index contributed by atoms with van der Waals surface area (Å²) in [5.74, 6) is 0. The molecule has 0 saturated carbocycles. The van der Waals surface area contributed by atoms with E-state index in [0.29, 0.717) is 25.2 Å². The molecule has 1 aromatic rings. The molecule has 1 aromatic carbocycles. The van der Waals surface area contributed by atoms with Gasteiger partial charge in [-0.1, -0.05) is 13.3 Å². The van der Waals surface area contributed by atoms with E-state index >= 15 is 0 Å². The van der Waals surface area contributed by atoms with E-state index in [1.54, 1.807) is 0 Å². The van der Waals surface area contributed by atoms with E-state index in [4.69, 9.17) is 0 Å². The molecule has 7 nitrogen and oxygen atoms in total. The molecular weight excluding hydrogens is 294 g/mol. The van der Waals surface area contributed by atoms with Gasteiger partial charge in [0.2, 0.25) is 10.0 Å². The average Bonchev–Trinajstić information content (AvgIpc) is 2.44. The van der Waals surface area contributed by atoms with Crippen molar-refractivity contribution in [3.63, 3.8) is 0 Å². The van der Waals surface area contributed by atoms with Crippen molar-refractivity contribution in [2.75, 3.05) is 25.5 Å². The average molecular weight is 315 g/mol. The summed E-state index contributed by atoms with van der Waals surface area (Å²) in [5.41, 5.74) is 0.121. The maximum Gasteiger partial charge on any atom is 0.291 e. The van der Waals surface area contributed by atoms with Gasteiger partial charge in [0.1, 0.15) is 0 Å². The molecule has 0 amide bonds. The Morgan fingerprint density at radius 1 is 1.33 bits per heavy atom. The van der Waals surface area contributed by atoms with Gasteiger partial charge >= 0.3 is 0 Å². The molecule has 0 atom stereocenters. The van der Waals surface area contributed by atoms with Crippen LogP contribution in [0, 0.1) is 10.1 Å². The van der Waals surface area contributed by atoms with E-state index in [2.05, 4.69) is 5.32 Å². The van der Waals surface area contributed by atoms with Crippen molar-refractivity contribution in [3.8, 4) is 0 Å².